The molecule has 1 aromatic heterocycles. The highest BCUT2D eigenvalue weighted by Gasteiger charge is 2.24. The molecule has 0 unspecified atom stereocenters. The lowest BCUT2D eigenvalue weighted by atomic mass is 10.1. The van der Waals surface area contributed by atoms with Crippen molar-refractivity contribution in [3.05, 3.63) is 16.3 Å². The Balaban J connectivity index is 2.75. The van der Waals surface area contributed by atoms with Crippen molar-refractivity contribution in [3.63, 3.8) is 0 Å². The van der Waals surface area contributed by atoms with Gasteiger partial charge in [0.2, 0.25) is 10.0 Å². The molecule has 0 atom stereocenters. The van der Waals surface area contributed by atoms with E-state index in [1.54, 1.807) is 11.4 Å². The Morgan fingerprint density at radius 1 is 1.37 bits per heavy atom. The molecule has 0 fully saturated rings. The SMILES string of the molecule is CNCc1cc(S(=O)(=O)NCC(C)(C)N(C)C)cs1. The second kappa shape index (κ2) is 6.32. The number of nitrogens with one attached hydrogen (secondary N) is 2. The van der Waals surface area contributed by atoms with Crippen LogP contribution >= 0.6 is 11.3 Å². The Morgan fingerprint density at radius 3 is 2.53 bits per heavy atom. The van der Waals surface area contributed by atoms with Crippen molar-refractivity contribution in [2.75, 3.05) is 27.7 Å². The van der Waals surface area contributed by atoms with Crippen LogP contribution in [0.2, 0.25) is 0 Å². The van der Waals surface area contributed by atoms with Crippen LogP contribution < -0.4 is 10.0 Å². The quantitative estimate of drug-likeness (QED) is 0.791. The first kappa shape index (κ1) is 16.6. The van der Waals surface area contributed by atoms with Crippen LogP contribution in [0.4, 0.5) is 0 Å². The van der Waals surface area contributed by atoms with Gasteiger partial charge in [-0.1, -0.05) is 0 Å². The third kappa shape index (κ3) is 4.54. The van der Waals surface area contributed by atoms with Crippen LogP contribution in [0.1, 0.15) is 18.7 Å². The number of likely N-dealkylation sites (N-methyl/N-ethyl adjacent to an activating group) is 1. The first-order chi connectivity index (χ1) is 8.69. The van der Waals surface area contributed by atoms with E-state index in [-0.39, 0.29) is 5.54 Å². The Kier molecular flexibility index (Phi) is 5.52. The minimum absolute atomic E-state index is 0.225. The van der Waals surface area contributed by atoms with Gasteiger partial charge in [-0.3, -0.25) is 0 Å². The lowest BCUT2D eigenvalue weighted by Gasteiger charge is -2.32. The van der Waals surface area contributed by atoms with Gasteiger partial charge in [0.15, 0.2) is 0 Å². The molecule has 19 heavy (non-hydrogen) atoms. The lowest BCUT2D eigenvalue weighted by molar-refractivity contribution is 0.199. The average Bonchev–Trinajstić information content (AvgIpc) is 2.76. The second-order valence-electron chi connectivity index (χ2n) is 5.31. The van der Waals surface area contributed by atoms with E-state index in [4.69, 9.17) is 0 Å². The highest BCUT2D eigenvalue weighted by molar-refractivity contribution is 7.89. The molecule has 1 heterocycles. The molecule has 0 saturated carbocycles. The fraction of sp³-hybridized carbons (Fsp3) is 0.667. The normalized spacial score (nSPS) is 13.2. The molecule has 2 N–H and O–H groups in total. The molecule has 0 bridgehead atoms. The van der Waals surface area contributed by atoms with Gasteiger partial charge in [-0.05, 0) is 41.1 Å². The van der Waals surface area contributed by atoms with E-state index in [2.05, 4.69) is 10.0 Å². The van der Waals surface area contributed by atoms with Crippen LogP contribution in [0.25, 0.3) is 0 Å². The van der Waals surface area contributed by atoms with Gasteiger partial charge >= 0.3 is 0 Å². The van der Waals surface area contributed by atoms with E-state index in [1.807, 2.05) is 39.9 Å². The first-order valence-electron chi connectivity index (χ1n) is 6.08. The Hall–Kier alpha value is -0.470. The number of sulfonamides is 1. The molecule has 1 aromatic rings. The van der Waals surface area contributed by atoms with Crippen LogP contribution in [0.15, 0.2) is 16.3 Å². The molecule has 0 saturated heterocycles. The zero-order valence-electron chi connectivity index (χ0n) is 12.1. The predicted octanol–water partition coefficient (Wildman–Crippen LogP) is 1.09. The number of hydrogen-bond acceptors (Lipinski definition) is 5. The molecule has 0 aliphatic rings. The summed E-state index contributed by atoms with van der Waals surface area (Å²) in [6.07, 6.45) is 0. The summed E-state index contributed by atoms with van der Waals surface area (Å²) in [5.41, 5.74) is -0.225. The zero-order chi connectivity index (χ0) is 14.7. The molecular formula is C12H23N3O2S2. The molecule has 110 valence electrons. The van der Waals surface area contributed by atoms with Gasteiger partial charge in [0.05, 0.1) is 4.90 Å². The summed E-state index contributed by atoms with van der Waals surface area (Å²) in [7, 11) is 2.29. The van der Waals surface area contributed by atoms with Crippen LogP contribution in [0, 0.1) is 0 Å². The summed E-state index contributed by atoms with van der Waals surface area (Å²) in [5, 5.41) is 4.69. The van der Waals surface area contributed by atoms with Crippen molar-refractivity contribution >= 4 is 21.4 Å². The average molecular weight is 305 g/mol. The lowest BCUT2D eigenvalue weighted by Crippen LogP contribution is -2.48. The van der Waals surface area contributed by atoms with Crippen molar-refractivity contribution < 1.29 is 8.42 Å². The van der Waals surface area contributed by atoms with Gasteiger partial charge in [-0.15, -0.1) is 11.3 Å². The fourth-order valence-corrected chi connectivity index (χ4v) is 3.77. The molecule has 0 aromatic carbocycles. The second-order valence-corrected chi connectivity index (χ2v) is 8.07. The molecule has 0 aliphatic carbocycles. The van der Waals surface area contributed by atoms with Crippen molar-refractivity contribution in [1.82, 2.24) is 14.9 Å². The monoisotopic (exact) mass is 305 g/mol. The van der Waals surface area contributed by atoms with E-state index in [9.17, 15) is 8.42 Å². The summed E-state index contributed by atoms with van der Waals surface area (Å²) in [6.45, 7) is 5.05. The summed E-state index contributed by atoms with van der Waals surface area (Å²) in [5.74, 6) is 0. The van der Waals surface area contributed by atoms with Gasteiger partial charge < -0.3 is 10.2 Å². The summed E-state index contributed by atoms with van der Waals surface area (Å²) in [4.78, 5) is 3.35. The molecule has 0 radical (unpaired) electrons. The summed E-state index contributed by atoms with van der Waals surface area (Å²) in [6, 6.07) is 1.71. The maximum Gasteiger partial charge on any atom is 0.241 e. The molecular weight excluding hydrogens is 282 g/mol. The maximum absolute atomic E-state index is 12.2. The minimum Gasteiger partial charge on any atom is -0.315 e. The van der Waals surface area contributed by atoms with Gasteiger partial charge in [0, 0.05) is 28.9 Å². The molecule has 7 heteroatoms. The third-order valence-corrected chi connectivity index (χ3v) is 5.66. The Labute approximate surface area is 120 Å². The van der Waals surface area contributed by atoms with Crippen molar-refractivity contribution in [2.45, 2.75) is 30.8 Å². The highest BCUT2D eigenvalue weighted by atomic mass is 32.2. The van der Waals surface area contributed by atoms with E-state index >= 15 is 0 Å². The highest BCUT2D eigenvalue weighted by Crippen LogP contribution is 2.19. The standard InChI is InChI=1S/C12H23N3O2S2/c1-12(2,15(4)5)9-14-19(16,17)11-6-10(7-13-3)18-8-11/h6,8,13-14H,7,9H2,1-5H3. The van der Waals surface area contributed by atoms with E-state index < -0.39 is 10.0 Å². The zero-order valence-corrected chi connectivity index (χ0v) is 13.8. The largest absolute Gasteiger partial charge is 0.315 e. The molecule has 1 rings (SSSR count). The van der Waals surface area contributed by atoms with Crippen molar-refractivity contribution in [3.8, 4) is 0 Å². The molecule has 0 aliphatic heterocycles. The number of nitrogens with zero attached hydrogens (tertiary/aromatic N) is 1. The molecule has 0 amide bonds. The smallest absolute Gasteiger partial charge is 0.241 e. The first-order valence-corrected chi connectivity index (χ1v) is 8.44. The molecule has 5 nitrogen and oxygen atoms in total. The fourth-order valence-electron chi connectivity index (χ4n) is 1.28. The summed E-state index contributed by atoms with van der Waals surface area (Å²) >= 11 is 1.45. The topological polar surface area (TPSA) is 61.4 Å². The predicted molar refractivity (Wildman–Crippen MR) is 80.0 cm³/mol. The Morgan fingerprint density at radius 2 is 2.00 bits per heavy atom. The van der Waals surface area contributed by atoms with Gasteiger partial charge in [0.1, 0.15) is 0 Å². The van der Waals surface area contributed by atoms with E-state index in [0.29, 0.717) is 18.0 Å². The third-order valence-electron chi connectivity index (χ3n) is 3.20. The van der Waals surface area contributed by atoms with Gasteiger partial charge in [-0.25, -0.2) is 13.1 Å². The van der Waals surface area contributed by atoms with Crippen LogP contribution in [0.3, 0.4) is 0 Å². The van der Waals surface area contributed by atoms with Crippen molar-refractivity contribution in [2.24, 2.45) is 0 Å². The van der Waals surface area contributed by atoms with Crippen LogP contribution in [0.5, 0.6) is 0 Å². The van der Waals surface area contributed by atoms with E-state index in [0.717, 1.165) is 4.88 Å². The summed E-state index contributed by atoms with van der Waals surface area (Å²) < 4.78 is 27.0. The van der Waals surface area contributed by atoms with Crippen LogP contribution in [-0.2, 0) is 16.6 Å². The van der Waals surface area contributed by atoms with Crippen LogP contribution in [-0.4, -0.2) is 46.5 Å². The number of hydrogen-bond donors (Lipinski definition) is 2. The minimum atomic E-state index is -3.42. The van der Waals surface area contributed by atoms with Gasteiger partial charge in [-0.2, -0.15) is 0 Å². The van der Waals surface area contributed by atoms with E-state index in [1.165, 1.54) is 11.3 Å². The molecule has 0 spiro atoms. The maximum atomic E-state index is 12.2. The Bertz CT molecular complexity index is 507. The number of rotatable bonds is 7. The van der Waals surface area contributed by atoms with Crippen molar-refractivity contribution in [1.29, 1.82) is 0 Å². The number of thiophene rings is 1. The van der Waals surface area contributed by atoms with Gasteiger partial charge in [0.25, 0.3) is 0 Å².